The van der Waals surface area contributed by atoms with E-state index in [-0.39, 0.29) is 11.1 Å². The van der Waals surface area contributed by atoms with E-state index < -0.39 is 23.2 Å². The van der Waals surface area contributed by atoms with Gasteiger partial charge in [0, 0.05) is 27.2 Å². The van der Waals surface area contributed by atoms with Crippen molar-refractivity contribution in [2.75, 3.05) is 0 Å². The largest absolute Gasteiger partial charge is 0.285 e. The maximum atomic E-state index is 13.2. The molecule has 0 fully saturated rings. The fourth-order valence-electron chi connectivity index (χ4n) is 2.15. The maximum Gasteiger partial charge on any atom is 0.233 e. The molecule has 0 spiro atoms. The van der Waals surface area contributed by atoms with Crippen molar-refractivity contribution in [1.29, 1.82) is 0 Å². The van der Waals surface area contributed by atoms with Gasteiger partial charge in [0.2, 0.25) is 11.6 Å². The molecule has 0 N–H and O–H groups in total. The number of halogens is 3. The Balaban J connectivity index is 1.98. The summed E-state index contributed by atoms with van der Waals surface area (Å²) < 4.78 is 26.9. The first-order chi connectivity index (χ1) is 11.0. The summed E-state index contributed by atoms with van der Waals surface area (Å²) in [6, 6.07) is 9.01. The number of rotatable bonds is 3. The van der Waals surface area contributed by atoms with Crippen molar-refractivity contribution < 1.29 is 18.4 Å². The second-order valence-electron chi connectivity index (χ2n) is 4.85. The topological polar surface area (TPSA) is 47.0 Å². The Hall–Kier alpha value is -2.47. The predicted octanol–water partition coefficient (Wildman–Crippen LogP) is 4.34. The van der Waals surface area contributed by atoms with E-state index in [2.05, 4.69) is 20.9 Å². The number of Topliss-reactive ketones (excluding diaryl/α,β-unsaturated/α-hetero) is 2. The first-order valence-electron chi connectivity index (χ1n) is 6.55. The van der Waals surface area contributed by atoms with Crippen molar-refractivity contribution in [2.24, 2.45) is 0 Å². The highest BCUT2D eigenvalue weighted by molar-refractivity contribution is 9.10. The maximum absolute atomic E-state index is 13.2. The van der Waals surface area contributed by atoms with Crippen LogP contribution in [0.25, 0.3) is 10.9 Å². The van der Waals surface area contributed by atoms with Gasteiger partial charge >= 0.3 is 0 Å². The molecule has 3 nitrogen and oxygen atoms in total. The van der Waals surface area contributed by atoms with Crippen molar-refractivity contribution in [3.8, 4) is 0 Å². The SMILES string of the molecule is O=C(C(=O)c1ccc2ncc(Br)cc2c1)c1ccc(F)c(F)c1. The van der Waals surface area contributed by atoms with Crippen LogP contribution in [0, 0.1) is 11.6 Å². The number of carbonyl (C=O) groups excluding carboxylic acids is 2. The molecule has 0 unspecified atom stereocenters. The van der Waals surface area contributed by atoms with Gasteiger partial charge in [0.15, 0.2) is 11.6 Å². The highest BCUT2D eigenvalue weighted by Gasteiger charge is 2.20. The Morgan fingerprint density at radius 3 is 2.22 bits per heavy atom. The monoisotopic (exact) mass is 375 g/mol. The molecule has 0 saturated carbocycles. The van der Waals surface area contributed by atoms with Crippen LogP contribution < -0.4 is 0 Å². The highest BCUT2D eigenvalue weighted by atomic mass is 79.9. The van der Waals surface area contributed by atoms with E-state index in [0.29, 0.717) is 10.9 Å². The summed E-state index contributed by atoms with van der Waals surface area (Å²) in [6.45, 7) is 0. The quantitative estimate of drug-likeness (QED) is 0.505. The number of nitrogens with zero attached hydrogens (tertiary/aromatic N) is 1. The second-order valence-corrected chi connectivity index (χ2v) is 5.76. The third-order valence-electron chi connectivity index (χ3n) is 3.30. The van der Waals surface area contributed by atoms with Crippen molar-refractivity contribution in [3.63, 3.8) is 0 Å². The third kappa shape index (κ3) is 3.03. The van der Waals surface area contributed by atoms with E-state index in [9.17, 15) is 18.4 Å². The average Bonchev–Trinajstić information content (AvgIpc) is 2.55. The molecule has 2 aromatic carbocycles. The summed E-state index contributed by atoms with van der Waals surface area (Å²) in [7, 11) is 0. The lowest BCUT2D eigenvalue weighted by molar-refractivity contribution is 0.0816. The minimum absolute atomic E-state index is 0.159. The van der Waals surface area contributed by atoms with Crippen LogP contribution >= 0.6 is 15.9 Å². The summed E-state index contributed by atoms with van der Waals surface area (Å²) in [5.74, 6) is -3.94. The zero-order valence-corrected chi connectivity index (χ0v) is 13.1. The Kier molecular flexibility index (Phi) is 4.00. The number of carbonyl (C=O) groups is 2. The molecule has 0 radical (unpaired) electrons. The lowest BCUT2D eigenvalue weighted by atomic mass is 10.00. The van der Waals surface area contributed by atoms with Gasteiger partial charge in [0.25, 0.3) is 0 Å². The van der Waals surface area contributed by atoms with E-state index in [4.69, 9.17) is 0 Å². The smallest absolute Gasteiger partial charge is 0.233 e. The Bertz CT molecular complexity index is 956. The van der Waals surface area contributed by atoms with Crippen LogP contribution in [0.15, 0.2) is 53.1 Å². The summed E-state index contributed by atoms with van der Waals surface area (Å²) >= 11 is 3.28. The molecule has 0 aliphatic carbocycles. The van der Waals surface area contributed by atoms with Gasteiger partial charge in [-0.3, -0.25) is 14.6 Å². The third-order valence-corrected chi connectivity index (χ3v) is 3.73. The molecule has 0 bridgehead atoms. The molecular weight excluding hydrogens is 368 g/mol. The zero-order valence-electron chi connectivity index (χ0n) is 11.5. The zero-order chi connectivity index (χ0) is 16.6. The number of aromatic nitrogens is 1. The summed E-state index contributed by atoms with van der Waals surface area (Å²) in [5.41, 5.74) is 0.638. The number of ketones is 2. The van der Waals surface area contributed by atoms with E-state index in [1.807, 2.05) is 0 Å². The van der Waals surface area contributed by atoms with Crippen LogP contribution in [0.4, 0.5) is 8.78 Å². The highest BCUT2D eigenvalue weighted by Crippen LogP contribution is 2.20. The molecule has 6 heteroatoms. The molecule has 114 valence electrons. The molecule has 3 aromatic rings. The van der Waals surface area contributed by atoms with E-state index in [0.717, 1.165) is 22.7 Å². The van der Waals surface area contributed by atoms with Crippen molar-refractivity contribution in [3.05, 3.63) is 75.9 Å². The van der Waals surface area contributed by atoms with Gasteiger partial charge in [-0.25, -0.2) is 8.78 Å². The first-order valence-corrected chi connectivity index (χ1v) is 7.34. The number of benzene rings is 2. The molecule has 0 atom stereocenters. The molecular formula is C17H8BrF2NO2. The normalized spacial score (nSPS) is 10.7. The molecule has 0 aliphatic heterocycles. The predicted molar refractivity (Wildman–Crippen MR) is 84.5 cm³/mol. The van der Waals surface area contributed by atoms with Gasteiger partial charge < -0.3 is 0 Å². The minimum atomic E-state index is -1.17. The van der Waals surface area contributed by atoms with Crippen LogP contribution in [0.2, 0.25) is 0 Å². The van der Waals surface area contributed by atoms with Crippen molar-refractivity contribution in [2.45, 2.75) is 0 Å². The Morgan fingerprint density at radius 2 is 1.52 bits per heavy atom. The molecule has 23 heavy (non-hydrogen) atoms. The molecule has 0 aliphatic rings. The molecule has 1 aromatic heterocycles. The minimum Gasteiger partial charge on any atom is -0.285 e. The van der Waals surface area contributed by atoms with E-state index >= 15 is 0 Å². The van der Waals surface area contributed by atoms with Crippen molar-refractivity contribution in [1.82, 2.24) is 4.98 Å². The molecule has 0 amide bonds. The standard InChI is InChI=1S/C17H8BrF2NO2/c18-12-6-11-5-9(2-4-15(11)21-8-12)16(22)17(23)10-1-3-13(19)14(20)7-10/h1-8H. The fraction of sp³-hybridized carbons (Fsp3) is 0. The Labute approximate surface area is 138 Å². The van der Waals surface area contributed by atoms with Crippen LogP contribution in [0.1, 0.15) is 20.7 Å². The number of fused-ring (bicyclic) bond motifs is 1. The van der Waals surface area contributed by atoms with Gasteiger partial charge in [0.05, 0.1) is 5.52 Å². The van der Waals surface area contributed by atoms with Gasteiger partial charge in [0.1, 0.15) is 0 Å². The van der Waals surface area contributed by atoms with E-state index in [1.54, 1.807) is 18.3 Å². The van der Waals surface area contributed by atoms with E-state index in [1.165, 1.54) is 12.1 Å². The lowest BCUT2D eigenvalue weighted by Gasteiger charge is -2.04. The van der Waals surface area contributed by atoms with Gasteiger partial charge in [-0.1, -0.05) is 0 Å². The summed E-state index contributed by atoms with van der Waals surface area (Å²) in [4.78, 5) is 28.6. The van der Waals surface area contributed by atoms with Gasteiger partial charge in [-0.2, -0.15) is 0 Å². The molecule has 0 saturated heterocycles. The Morgan fingerprint density at radius 1 is 0.870 bits per heavy atom. The fourth-order valence-corrected chi connectivity index (χ4v) is 2.49. The van der Waals surface area contributed by atoms with Crippen LogP contribution in [-0.4, -0.2) is 16.6 Å². The van der Waals surface area contributed by atoms with Gasteiger partial charge in [-0.05, 0) is 58.4 Å². The van der Waals surface area contributed by atoms with Crippen molar-refractivity contribution >= 4 is 38.4 Å². The molecule has 1 heterocycles. The average molecular weight is 376 g/mol. The lowest BCUT2D eigenvalue weighted by Crippen LogP contribution is -2.15. The van der Waals surface area contributed by atoms with Crippen LogP contribution in [0.3, 0.4) is 0 Å². The number of hydrogen-bond acceptors (Lipinski definition) is 3. The molecule has 3 rings (SSSR count). The second kappa shape index (κ2) is 5.96. The number of hydrogen-bond donors (Lipinski definition) is 0. The first kappa shape index (κ1) is 15.4. The van der Waals surface area contributed by atoms with Crippen LogP contribution in [0.5, 0.6) is 0 Å². The summed E-state index contributed by atoms with van der Waals surface area (Å²) in [6.07, 6.45) is 1.62. The van der Waals surface area contributed by atoms with Gasteiger partial charge in [-0.15, -0.1) is 0 Å². The van der Waals surface area contributed by atoms with Crippen LogP contribution in [-0.2, 0) is 0 Å². The summed E-state index contributed by atoms with van der Waals surface area (Å²) in [5, 5.41) is 0.684. The number of pyridine rings is 1.